The third-order valence-electron chi connectivity index (χ3n) is 13.1. The maximum atomic E-state index is 2.51. The summed E-state index contributed by atoms with van der Waals surface area (Å²) in [6.07, 6.45) is 0. The summed E-state index contributed by atoms with van der Waals surface area (Å²) in [4.78, 5) is 2.49. The van der Waals surface area contributed by atoms with Crippen molar-refractivity contribution in [1.29, 1.82) is 0 Å². The van der Waals surface area contributed by atoms with Gasteiger partial charge in [-0.05, 0) is 105 Å². The van der Waals surface area contributed by atoms with Crippen LogP contribution in [0.4, 0.5) is 17.1 Å². The van der Waals surface area contributed by atoms with Crippen molar-refractivity contribution < 1.29 is 0 Å². The van der Waals surface area contributed by atoms with Crippen LogP contribution in [-0.4, -0.2) is 4.57 Å². The molecule has 0 atom stereocenters. The average Bonchev–Trinajstić information content (AvgIpc) is 3.83. The van der Waals surface area contributed by atoms with E-state index in [0.717, 1.165) is 22.6 Å². The summed E-state index contributed by atoms with van der Waals surface area (Å²) >= 11 is 0. The third kappa shape index (κ3) is 5.43. The molecule has 11 aromatic rings. The highest BCUT2D eigenvalue weighted by Gasteiger charge is 2.46. The van der Waals surface area contributed by atoms with Gasteiger partial charge in [0, 0.05) is 27.5 Å². The minimum absolute atomic E-state index is 0.533. The molecule has 1 heterocycles. The highest BCUT2D eigenvalue weighted by molar-refractivity contribution is 6.15. The van der Waals surface area contributed by atoms with Gasteiger partial charge in [-0.2, -0.15) is 0 Å². The Labute approximate surface area is 362 Å². The van der Waals surface area contributed by atoms with E-state index in [1.165, 1.54) is 82.8 Å². The number of anilines is 3. The van der Waals surface area contributed by atoms with Gasteiger partial charge < -0.3 is 9.47 Å². The van der Waals surface area contributed by atoms with Crippen molar-refractivity contribution >= 4 is 49.6 Å². The summed E-state index contributed by atoms with van der Waals surface area (Å²) in [7, 11) is 0. The molecule has 0 saturated heterocycles. The van der Waals surface area contributed by atoms with E-state index < -0.39 is 5.41 Å². The maximum Gasteiger partial charge on any atom is 0.0782 e. The van der Waals surface area contributed by atoms with Gasteiger partial charge in [0.05, 0.1) is 27.8 Å². The Hall–Kier alpha value is -7.94. The Morgan fingerprint density at radius 1 is 0.403 bits per heavy atom. The zero-order valence-corrected chi connectivity index (χ0v) is 34.4. The largest absolute Gasteiger partial charge is 0.308 e. The quantitative estimate of drug-likeness (QED) is 0.156. The van der Waals surface area contributed by atoms with Crippen molar-refractivity contribution in [3.63, 3.8) is 0 Å². The highest BCUT2D eigenvalue weighted by Crippen LogP contribution is 2.57. The maximum absolute atomic E-state index is 2.51. The van der Waals surface area contributed by atoms with E-state index in [0.29, 0.717) is 0 Å². The van der Waals surface area contributed by atoms with Gasteiger partial charge in [-0.15, -0.1) is 0 Å². The van der Waals surface area contributed by atoms with E-state index in [2.05, 4.69) is 253 Å². The van der Waals surface area contributed by atoms with Crippen LogP contribution in [-0.2, 0) is 5.41 Å². The molecule has 0 radical (unpaired) electrons. The fraction of sp³-hybridized carbons (Fsp3) is 0.0333. The number of rotatable bonds is 7. The molecule has 2 nitrogen and oxygen atoms in total. The topological polar surface area (TPSA) is 8.17 Å². The Balaban J connectivity index is 1.18. The first-order valence-corrected chi connectivity index (χ1v) is 21.5. The lowest BCUT2D eigenvalue weighted by atomic mass is 9.67. The predicted octanol–water partition coefficient (Wildman–Crippen LogP) is 15.7. The second-order valence-corrected chi connectivity index (χ2v) is 16.5. The summed E-state index contributed by atoms with van der Waals surface area (Å²) in [6.45, 7) is 2.19. The Morgan fingerprint density at radius 3 is 1.79 bits per heavy atom. The van der Waals surface area contributed by atoms with Gasteiger partial charge in [0.1, 0.15) is 0 Å². The van der Waals surface area contributed by atoms with Crippen LogP contribution in [0.3, 0.4) is 0 Å². The first-order chi connectivity index (χ1) is 30.7. The van der Waals surface area contributed by atoms with Crippen LogP contribution in [0.5, 0.6) is 0 Å². The zero-order valence-electron chi connectivity index (χ0n) is 34.4. The number of hydrogen-bond acceptors (Lipinski definition) is 1. The lowest BCUT2D eigenvalue weighted by molar-refractivity contribution is 0.768. The number of nitrogens with zero attached hydrogens (tertiary/aromatic N) is 2. The molecule has 1 aliphatic carbocycles. The molecule has 0 unspecified atom stereocenters. The van der Waals surface area contributed by atoms with Gasteiger partial charge in [-0.25, -0.2) is 0 Å². The smallest absolute Gasteiger partial charge is 0.0782 e. The molecule has 0 bridgehead atoms. The SMILES string of the molecule is Cc1ccc2cccc(-n3c4ccccc4c4cccc(N(c5ccc(-c6ccccc6)cc5)c5ccc6c(c5)C(c5ccccc5)(c5ccccc5)c5ccccc5-6)c43)c2c1. The molecular weight excluding hydrogens is 749 g/mol. The Morgan fingerprint density at radius 2 is 1.02 bits per heavy atom. The lowest BCUT2D eigenvalue weighted by Gasteiger charge is -2.35. The van der Waals surface area contributed by atoms with E-state index in [1.54, 1.807) is 0 Å². The standard InChI is InChI=1S/C60H42N2/c1-41-31-32-44-19-15-29-57(53(44)39-41)62-56-28-14-12-25-51(56)52-26-16-30-58(59(52)62)61(47-35-33-43(34-36-47)42-17-5-2-6-18-42)48-37-38-50-49-24-11-13-27-54(49)60(55(50)40-48,45-20-7-3-8-21-45)46-22-9-4-10-23-46/h2-40H,1H3. The first kappa shape index (κ1) is 36.0. The third-order valence-corrected chi connectivity index (χ3v) is 13.1. The zero-order chi connectivity index (χ0) is 41.2. The molecule has 2 heteroatoms. The number of benzene rings is 10. The highest BCUT2D eigenvalue weighted by atomic mass is 15.2. The molecule has 12 rings (SSSR count). The van der Waals surface area contributed by atoms with E-state index in [4.69, 9.17) is 0 Å². The van der Waals surface area contributed by atoms with E-state index in [1.807, 2.05) is 0 Å². The molecule has 0 fully saturated rings. The summed E-state index contributed by atoms with van der Waals surface area (Å²) in [5, 5.41) is 4.89. The first-order valence-electron chi connectivity index (χ1n) is 21.5. The summed E-state index contributed by atoms with van der Waals surface area (Å²) in [5.41, 5.74) is 17.5. The molecule has 0 amide bonds. The minimum Gasteiger partial charge on any atom is -0.308 e. The van der Waals surface area contributed by atoms with Gasteiger partial charge in [0.15, 0.2) is 0 Å². The van der Waals surface area contributed by atoms with Gasteiger partial charge in [-0.3, -0.25) is 0 Å². The fourth-order valence-electron chi connectivity index (χ4n) is 10.4. The van der Waals surface area contributed by atoms with Crippen molar-refractivity contribution in [1.82, 2.24) is 4.57 Å². The molecule has 62 heavy (non-hydrogen) atoms. The van der Waals surface area contributed by atoms with Gasteiger partial charge >= 0.3 is 0 Å². The van der Waals surface area contributed by atoms with Crippen molar-refractivity contribution in [2.75, 3.05) is 4.90 Å². The minimum atomic E-state index is -0.533. The number of aromatic nitrogens is 1. The van der Waals surface area contributed by atoms with Crippen LogP contribution in [0.1, 0.15) is 27.8 Å². The average molecular weight is 791 g/mol. The summed E-state index contributed by atoms with van der Waals surface area (Å²) < 4.78 is 2.51. The summed E-state index contributed by atoms with van der Waals surface area (Å²) in [6, 6.07) is 87.3. The van der Waals surface area contributed by atoms with Gasteiger partial charge in [0.2, 0.25) is 0 Å². The number of hydrogen-bond donors (Lipinski definition) is 0. The van der Waals surface area contributed by atoms with E-state index >= 15 is 0 Å². The molecule has 1 aliphatic rings. The Bertz CT molecular complexity index is 3420. The fourth-order valence-corrected chi connectivity index (χ4v) is 10.4. The van der Waals surface area contributed by atoms with Crippen molar-refractivity contribution in [3.8, 4) is 27.9 Å². The van der Waals surface area contributed by atoms with E-state index in [9.17, 15) is 0 Å². The molecule has 1 aromatic heterocycles. The molecule has 10 aromatic carbocycles. The second-order valence-electron chi connectivity index (χ2n) is 16.5. The lowest BCUT2D eigenvalue weighted by Crippen LogP contribution is -2.28. The van der Waals surface area contributed by atoms with Gasteiger partial charge in [0.25, 0.3) is 0 Å². The normalized spacial score (nSPS) is 12.7. The summed E-state index contributed by atoms with van der Waals surface area (Å²) in [5.74, 6) is 0. The van der Waals surface area contributed by atoms with Crippen molar-refractivity contribution in [2.45, 2.75) is 12.3 Å². The molecule has 0 saturated carbocycles. The number of fused-ring (bicyclic) bond motifs is 7. The number of aryl methyl sites for hydroxylation is 1. The van der Waals surface area contributed by atoms with Crippen LogP contribution >= 0.6 is 0 Å². The molecule has 0 spiro atoms. The van der Waals surface area contributed by atoms with Crippen LogP contribution in [0.15, 0.2) is 237 Å². The van der Waals surface area contributed by atoms with Crippen LogP contribution < -0.4 is 4.90 Å². The molecular formula is C60H42N2. The molecule has 0 aliphatic heterocycles. The van der Waals surface area contributed by atoms with Crippen molar-refractivity contribution in [2.24, 2.45) is 0 Å². The van der Waals surface area contributed by atoms with Gasteiger partial charge in [-0.1, -0.05) is 194 Å². The second kappa shape index (κ2) is 14.4. The molecule has 292 valence electrons. The van der Waals surface area contributed by atoms with Crippen molar-refractivity contribution in [3.05, 3.63) is 264 Å². The van der Waals surface area contributed by atoms with Crippen LogP contribution in [0.2, 0.25) is 0 Å². The molecule has 0 N–H and O–H groups in total. The Kier molecular flexibility index (Phi) is 8.33. The van der Waals surface area contributed by atoms with Crippen LogP contribution in [0.25, 0.3) is 60.5 Å². The predicted molar refractivity (Wildman–Crippen MR) is 260 cm³/mol. The van der Waals surface area contributed by atoms with Crippen LogP contribution in [0, 0.1) is 6.92 Å². The monoisotopic (exact) mass is 790 g/mol. The number of para-hydroxylation sites is 2. The van der Waals surface area contributed by atoms with E-state index in [-0.39, 0.29) is 0 Å².